The number of hydrogen-bond acceptors (Lipinski definition) is 5. The van der Waals surface area contributed by atoms with Crippen LogP contribution in [0.1, 0.15) is 30.1 Å². The van der Waals surface area contributed by atoms with Gasteiger partial charge >= 0.3 is 0 Å². The number of benzene rings is 2. The molecule has 1 fully saturated rings. The Labute approximate surface area is 175 Å². The minimum Gasteiger partial charge on any atom is -0.379 e. The second kappa shape index (κ2) is 8.10. The number of nitrogens with one attached hydrogen (secondary N) is 2. The van der Waals surface area contributed by atoms with E-state index in [-0.39, 0.29) is 11.9 Å². The third-order valence-electron chi connectivity index (χ3n) is 5.51. The number of nitrogens with zero attached hydrogens (tertiary/aromatic N) is 3. The fourth-order valence-electron chi connectivity index (χ4n) is 3.62. The largest absolute Gasteiger partial charge is 0.379 e. The van der Waals surface area contributed by atoms with E-state index < -0.39 is 0 Å². The molecule has 1 aliphatic rings. The van der Waals surface area contributed by atoms with Gasteiger partial charge in [-0.25, -0.2) is 0 Å². The first kappa shape index (κ1) is 19.8. The highest BCUT2D eigenvalue weighted by Gasteiger charge is 2.29. The maximum absolute atomic E-state index is 12.3. The Hall–Kier alpha value is -3.48. The van der Waals surface area contributed by atoms with Crippen LogP contribution in [0, 0.1) is 5.92 Å². The minimum absolute atomic E-state index is 0.0393. The Morgan fingerprint density at radius 1 is 1.13 bits per heavy atom. The normalized spacial score (nSPS) is 14.2. The molecular formula is C23H25N5O2. The smallest absolute Gasteiger partial charge is 0.253 e. The number of hydrogen-bond donors (Lipinski definition) is 2. The predicted molar refractivity (Wildman–Crippen MR) is 118 cm³/mol. The molecule has 0 aliphatic heterocycles. The molecule has 1 saturated carbocycles. The third kappa shape index (κ3) is 3.96. The number of carbonyl (C=O) groups excluding carboxylic acids is 2. The Morgan fingerprint density at radius 2 is 1.90 bits per heavy atom. The van der Waals surface area contributed by atoms with E-state index in [0.29, 0.717) is 23.7 Å². The van der Waals surface area contributed by atoms with E-state index in [1.165, 1.54) is 12.8 Å². The molecule has 2 aromatic carbocycles. The summed E-state index contributed by atoms with van der Waals surface area (Å²) in [6.45, 7) is 2.15. The first-order valence-corrected chi connectivity index (χ1v) is 10.1. The lowest BCUT2D eigenvalue weighted by molar-refractivity contribution is -0.105. The van der Waals surface area contributed by atoms with Gasteiger partial charge in [0.05, 0.1) is 11.2 Å². The molecule has 0 bridgehead atoms. The Bertz CT molecular complexity index is 1110. The van der Waals surface area contributed by atoms with E-state index in [2.05, 4.69) is 27.8 Å². The van der Waals surface area contributed by atoms with Crippen LogP contribution in [0.25, 0.3) is 22.0 Å². The van der Waals surface area contributed by atoms with Crippen molar-refractivity contribution >= 4 is 34.7 Å². The SMILES string of the molecule is C[C@@H](Nc1c(NC=O)nnc2cc(-c3cccc(C(=O)N(C)C)c3)ccc12)C1CC1. The zero-order chi connectivity index (χ0) is 21.3. The number of aromatic nitrogens is 2. The van der Waals surface area contributed by atoms with Crippen LogP contribution in [0.15, 0.2) is 42.5 Å². The molecule has 7 nitrogen and oxygen atoms in total. The second-order valence-corrected chi connectivity index (χ2v) is 7.97. The van der Waals surface area contributed by atoms with Crippen LogP contribution in [-0.2, 0) is 4.79 Å². The van der Waals surface area contributed by atoms with Crippen LogP contribution in [-0.4, -0.2) is 47.6 Å². The number of rotatable bonds is 7. The lowest BCUT2D eigenvalue weighted by atomic mass is 10.0. The highest BCUT2D eigenvalue weighted by molar-refractivity contribution is 6.00. The maximum Gasteiger partial charge on any atom is 0.253 e. The molecule has 154 valence electrons. The average Bonchev–Trinajstić information content (AvgIpc) is 3.60. The Morgan fingerprint density at radius 3 is 2.60 bits per heavy atom. The summed E-state index contributed by atoms with van der Waals surface area (Å²) < 4.78 is 0. The van der Waals surface area contributed by atoms with Gasteiger partial charge in [-0.2, -0.15) is 0 Å². The molecule has 1 aliphatic carbocycles. The van der Waals surface area contributed by atoms with Crippen molar-refractivity contribution in [3.63, 3.8) is 0 Å². The van der Waals surface area contributed by atoms with Gasteiger partial charge in [0.2, 0.25) is 6.41 Å². The van der Waals surface area contributed by atoms with Crippen LogP contribution < -0.4 is 10.6 Å². The molecular weight excluding hydrogens is 378 g/mol. The monoisotopic (exact) mass is 403 g/mol. The third-order valence-corrected chi connectivity index (χ3v) is 5.51. The predicted octanol–water partition coefficient (Wildman–Crippen LogP) is 3.78. The van der Waals surface area contributed by atoms with E-state index in [1.54, 1.807) is 19.0 Å². The number of amides is 2. The van der Waals surface area contributed by atoms with Gasteiger partial charge in [-0.15, -0.1) is 10.2 Å². The van der Waals surface area contributed by atoms with E-state index in [1.807, 2.05) is 42.5 Å². The van der Waals surface area contributed by atoms with Crippen molar-refractivity contribution in [3.05, 3.63) is 48.0 Å². The Balaban J connectivity index is 1.74. The second-order valence-electron chi connectivity index (χ2n) is 7.97. The van der Waals surface area contributed by atoms with Crippen molar-refractivity contribution in [3.8, 4) is 11.1 Å². The van der Waals surface area contributed by atoms with Gasteiger partial charge in [-0.05, 0) is 61.1 Å². The molecule has 0 spiro atoms. The molecule has 1 aromatic heterocycles. The molecule has 2 N–H and O–H groups in total. The highest BCUT2D eigenvalue weighted by Crippen LogP contribution is 2.37. The van der Waals surface area contributed by atoms with Gasteiger partial charge in [-0.3, -0.25) is 9.59 Å². The van der Waals surface area contributed by atoms with Crippen LogP contribution in [0.3, 0.4) is 0 Å². The van der Waals surface area contributed by atoms with Gasteiger partial charge in [0.25, 0.3) is 5.91 Å². The van der Waals surface area contributed by atoms with Crippen LogP contribution >= 0.6 is 0 Å². The van der Waals surface area contributed by atoms with E-state index >= 15 is 0 Å². The maximum atomic E-state index is 12.3. The summed E-state index contributed by atoms with van der Waals surface area (Å²) >= 11 is 0. The number of anilines is 2. The molecule has 0 unspecified atom stereocenters. The molecule has 4 rings (SSSR count). The number of carbonyl (C=O) groups is 2. The molecule has 0 saturated heterocycles. The van der Waals surface area contributed by atoms with E-state index in [4.69, 9.17) is 0 Å². The quantitative estimate of drug-likeness (QED) is 0.586. The molecule has 7 heteroatoms. The van der Waals surface area contributed by atoms with Crippen LogP contribution in [0.5, 0.6) is 0 Å². The molecule has 1 heterocycles. The summed E-state index contributed by atoms with van der Waals surface area (Å²) in [5.74, 6) is 1.03. The molecule has 1 atom stereocenters. The van der Waals surface area contributed by atoms with E-state index in [9.17, 15) is 9.59 Å². The van der Waals surface area contributed by atoms with Crippen molar-refractivity contribution in [2.75, 3.05) is 24.7 Å². The van der Waals surface area contributed by atoms with Crippen molar-refractivity contribution < 1.29 is 9.59 Å². The lowest BCUT2D eigenvalue weighted by Gasteiger charge is -2.18. The fourth-order valence-corrected chi connectivity index (χ4v) is 3.62. The zero-order valence-corrected chi connectivity index (χ0v) is 17.3. The topological polar surface area (TPSA) is 87.2 Å². The van der Waals surface area contributed by atoms with Gasteiger partial charge < -0.3 is 15.5 Å². The first-order valence-electron chi connectivity index (χ1n) is 10.1. The minimum atomic E-state index is -0.0393. The standard InChI is InChI=1S/C23H25N5O2/c1-14(15-7-8-15)25-21-19-10-9-17(12-20(19)26-27-22(21)24-13-29)16-5-4-6-18(11-16)23(30)28(2)3/h4-6,9-15H,7-8H2,1-3H3,(H,25,26)(H,24,27,29)/t14-/m1/s1. The highest BCUT2D eigenvalue weighted by atomic mass is 16.2. The molecule has 3 aromatic rings. The van der Waals surface area contributed by atoms with Crippen molar-refractivity contribution in [1.29, 1.82) is 0 Å². The fraction of sp³-hybridized carbons (Fsp3) is 0.304. The van der Waals surface area contributed by atoms with Gasteiger partial charge in [0.1, 0.15) is 0 Å². The molecule has 0 radical (unpaired) electrons. The lowest BCUT2D eigenvalue weighted by Crippen LogP contribution is -2.21. The summed E-state index contributed by atoms with van der Waals surface area (Å²) in [5, 5.41) is 15.6. The van der Waals surface area contributed by atoms with Crippen LogP contribution in [0.4, 0.5) is 11.5 Å². The van der Waals surface area contributed by atoms with Crippen molar-refractivity contribution in [2.24, 2.45) is 5.92 Å². The van der Waals surface area contributed by atoms with Crippen LogP contribution in [0.2, 0.25) is 0 Å². The Kier molecular flexibility index (Phi) is 5.35. The summed E-state index contributed by atoms with van der Waals surface area (Å²) in [6, 6.07) is 13.8. The molecule has 2 amide bonds. The van der Waals surface area contributed by atoms with Gasteiger partial charge in [0, 0.05) is 31.1 Å². The van der Waals surface area contributed by atoms with E-state index in [0.717, 1.165) is 27.7 Å². The zero-order valence-electron chi connectivity index (χ0n) is 17.3. The van der Waals surface area contributed by atoms with Crippen molar-refractivity contribution in [1.82, 2.24) is 15.1 Å². The summed E-state index contributed by atoms with van der Waals surface area (Å²) in [6.07, 6.45) is 3.05. The summed E-state index contributed by atoms with van der Waals surface area (Å²) in [4.78, 5) is 24.9. The number of fused-ring (bicyclic) bond motifs is 1. The van der Waals surface area contributed by atoms with Gasteiger partial charge in [0.15, 0.2) is 5.82 Å². The molecule has 30 heavy (non-hydrogen) atoms. The first-order chi connectivity index (χ1) is 14.5. The summed E-state index contributed by atoms with van der Waals surface area (Å²) in [5.41, 5.74) is 4.02. The van der Waals surface area contributed by atoms with Gasteiger partial charge in [-0.1, -0.05) is 18.2 Å². The average molecular weight is 403 g/mol. The summed E-state index contributed by atoms with van der Waals surface area (Å²) in [7, 11) is 3.48. The van der Waals surface area contributed by atoms with Crippen molar-refractivity contribution in [2.45, 2.75) is 25.8 Å².